The van der Waals surface area contributed by atoms with Crippen LogP contribution >= 0.6 is 11.6 Å². The summed E-state index contributed by atoms with van der Waals surface area (Å²) in [5.41, 5.74) is 0.980. The number of hydrogen-bond acceptors (Lipinski definition) is 5. The fraction of sp³-hybridized carbons (Fsp3) is 0.545. The van der Waals surface area contributed by atoms with E-state index in [9.17, 15) is 9.59 Å². The standard InChI is InChI=1S/C22H29ClN6O2/c1-27-12-14-28(15-13-27)20(30)19-16-29(26-25-19)11-3-10-24-21(31)22(8-2-9-22)17-4-6-18(23)7-5-17/h4-7,16H,2-3,8-15H2,1H3,(H,24,31). The Morgan fingerprint density at radius 2 is 1.84 bits per heavy atom. The summed E-state index contributed by atoms with van der Waals surface area (Å²) in [6, 6.07) is 7.59. The number of amides is 2. The summed E-state index contributed by atoms with van der Waals surface area (Å²) in [5.74, 6) is 0.00754. The average Bonchev–Trinajstić information content (AvgIpc) is 3.21. The predicted molar refractivity (Wildman–Crippen MR) is 118 cm³/mol. The van der Waals surface area contributed by atoms with Gasteiger partial charge < -0.3 is 15.1 Å². The molecule has 31 heavy (non-hydrogen) atoms. The predicted octanol–water partition coefficient (Wildman–Crippen LogP) is 1.95. The second-order valence-corrected chi connectivity index (χ2v) is 8.95. The molecule has 0 bridgehead atoms. The van der Waals surface area contributed by atoms with E-state index < -0.39 is 5.41 Å². The molecule has 9 heteroatoms. The van der Waals surface area contributed by atoms with Crippen molar-refractivity contribution in [2.75, 3.05) is 39.8 Å². The number of aryl methyl sites for hydroxylation is 1. The first-order chi connectivity index (χ1) is 15.0. The van der Waals surface area contributed by atoms with Gasteiger partial charge in [0.1, 0.15) is 0 Å². The van der Waals surface area contributed by atoms with Crippen LogP contribution in [0.4, 0.5) is 0 Å². The van der Waals surface area contributed by atoms with Gasteiger partial charge in [-0.2, -0.15) is 0 Å². The van der Waals surface area contributed by atoms with Gasteiger partial charge in [-0.3, -0.25) is 14.3 Å². The molecule has 8 nitrogen and oxygen atoms in total. The van der Waals surface area contributed by atoms with E-state index in [0.29, 0.717) is 43.3 Å². The van der Waals surface area contributed by atoms with Crippen LogP contribution in [0.5, 0.6) is 0 Å². The molecule has 0 atom stereocenters. The van der Waals surface area contributed by atoms with Gasteiger partial charge in [-0.05, 0) is 44.0 Å². The van der Waals surface area contributed by atoms with Crippen LogP contribution in [0.2, 0.25) is 5.02 Å². The topological polar surface area (TPSA) is 83.4 Å². The molecule has 2 heterocycles. The molecule has 4 rings (SSSR count). The van der Waals surface area contributed by atoms with Gasteiger partial charge in [0.2, 0.25) is 5.91 Å². The van der Waals surface area contributed by atoms with Crippen LogP contribution in [0.1, 0.15) is 41.7 Å². The molecule has 1 N–H and O–H groups in total. The Hall–Kier alpha value is -2.45. The first kappa shape index (κ1) is 21.8. The maximum Gasteiger partial charge on any atom is 0.276 e. The minimum absolute atomic E-state index is 0.0671. The van der Waals surface area contributed by atoms with Crippen LogP contribution in [0, 0.1) is 0 Å². The van der Waals surface area contributed by atoms with Crippen molar-refractivity contribution in [1.29, 1.82) is 0 Å². The second-order valence-electron chi connectivity index (χ2n) is 8.51. The molecular weight excluding hydrogens is 416 g/mol. The van der Waals surface area contributed by atoms with Crippen LogP contribution in [0.15, 0.2) is 30.5 Å². The van der Waals surface area contributed by atoms with Gasteiger partial charge in [0.15, 0.2) is 5.69 Å². The van der Waals surface area contributed by atoms with Crippen LogP contribution in [0.25, 0.3) is 0 Å². The Bertz CT molecular complexity index is 916. The van der Waals surface area contributed by atoms with Crippen molar-refractivity contribution in [2.24, 2.45) is 0 Å². The van der Waals surface area contributed by atoms with Crippen molar-refractivity contribution in [1.82, 2.24) is 30.1 Å². The molecule has 166 valence electrons. The van der Waals surface area contributed by atoms with E-state index in [1.165, 1.54) is 0 Å². The van der Waals surface area contributed by atoms with Gasteiger partial charge in [0.25, 0.3) is 5.91 Å². The molecule has 1 aliphatic heterocycles. The summed E-state index contributed by atoms with van der Waals surface area (Å²) in [5, 5.41) is 11.9. The lowest BCUT2D eigenvalue weighted by molar-refractivity contribution is -0.129. The van der Waals surface area contributed by atoms with E-state index in [-0.39, 0.29) is 11.8 Å². The fourth-order valence-corrected chi connectivity index (χ4v) is 4.36. The zero-order chi connectivity index (χ0) is 21.8. The number of aromatic nitrogens is 3. The number of halogens is 1. The number of carbonyl (C=O) groups excluding carboxylic acids is 2. The number of hydrogen-bond donors (Lipinski definition) is 1. The quantitative estimate of drug-likeness (QED) is 0.660. The van der Waals surface area contributed by atoms with Crippen molar-refractivity contribution in [3.8, 4) is 0 Å². The van der Waals surface area contributed by atoms with Gasteiger partial charge >= 0.3 is 0 Å². The molecule has 2 amide bonds. The third-order valence-corrected chi connectivity index (χ3v) is 6.69. The maximum atomic E-state index is 12.9. The smallest absolute Gasteiger partial charge is 0.276 e. The highest BCUT2D eigenvalue weighted by molar-refractivity contribution is 6.30. The maximum absolute atomic E-state index is 12.9. The summed E-state index contributed by atoms with van der Waals surface area (Å²) in [6.45, 7) is 4.31. The molecule has 1 saturated carbocycles. The van der Waals surface area contributed by atoms with Crippen molar-refractivity contribution >= 4 is 23.4 Å². The number of piperazine rings is 1. The Balaban J connectivity index is 1.25. The Kier molecular flexibility index (Phi) is 6.57. The molecule has 2 aliphatic rings. The highest BCUT2D eigenvalue weighted by atomic mass is 35.5. The SMILES string of the molecule is CN1CCN(C(=O)c2cn(CCCNC(=O)C3(c4ccc(Cl)cc4)CCC3)nn2)CC1. The lowest BCUT2D eigenvalue weighted by Gasteiger charge is -2.40. The molecular formula is C22H29ClN6O2. The summed E-state index contributed by atoms with van der Waals surface area (Å²) >= 11 is 5.99. The number of benzene rings is 1. The van der Waals surface area contributed by atoms with E-state index in [0.717, 1.165) is 37.9 Å². The largest absolute Gasteiger partial charge is 0.355 e. The normalized spacial score (nSPS) is 18.5. The average molecular weight is 445 g/mol. The lowest BCUT2D eigenvalue weighted by Crippen LogP contribution is -2.49. The fourth-order valence-electron chi connectivity index (χ4n) is 4.24. The van der Waals surface area contributed by atoms with Gasteiger partial charge in [0.05, 0.1) is 11.6 Å². The molecule has 2 fully saturated rings. The Morgan fingerprint density at radius 3 is 2.48 bits per heavy atom. The van der Waals surface area contributed by atoms with E-state index >= 15 is 0 Å². The van der Waals surface area contributed by atoms with Crippen LogP contribution in [-0.2, 0) is 16.8 Å². The van der Waals surface area contributed by atoms with Gasteiger partial charge in [-0.1, -0.05) is 35.4 Å². The summed E-state index contributed by atoms with van der Waals surface area (Å²) in [6.07, 6.45) is 5.19. The van der Waals surface area contributed by atoms with Crippen molar-refractivity contribution in [3.05, 3.63) is 46.7 Å². The van der Waals surface area contributed by atoms with Crippen molar-refractivity contribution in [3.63, 3.8) is 0 Å². The highest BCUT2D eigenvalue weighted by Gasteiger charge is 2.45. The third-order valence-electron chi connectivity index (χ3n) is 6.44. The van der Waals surface area contributed by atoms with Gasteiger partial charge in [-0.25, -0.2) is 0 Å². The number of likely N-dealkylation sites (N-methyl/N-ethyl adjacent to an activating group) is 1. The molecule has 1 aromatic heterocycles. The molecule has 0 unspecified atom stereocenters. The summed E-state index contributed by atoms with van der Waals surface area (Å²) in [4.78, 5) is 29.5. The van der Waals surface area contributed by atoms with Crippen LogP contribution < -0.4 is 5.32 Å². The zero-order valence-corrected chi connectivity index (χ0v) is 18.6. The van der Waals surface area contributed by atoms with E-state index in [2.05, 4.69) is 27.6 Å². The molecule has 1 aromatic carbocycles. The van der Waals surface area contributed by atoms with Crippen LogP contribution in [0.3, 0.4) is 0 Å². The minimum atomic E-state index is -0.431. The molecule has 1 aliphatic carbocycles. The summed E-state index contributed by atoms with van der Waals surface area (Å²) in [7, 11) is 2.05. The Morgan fingerprint density at radius 1 is 1.13 bits per heavy atom. The first-order valence-corrected chi connectivity index (χ1v) is 11.3. The van der Waals surface area contributed by atoms with Crippen molar-refractivity contribution < 1.29 is 9.59 Å². The Labute approximate surface area is 187 Å². The van der Waals surface area contributed by atoms with E-state index in [1.54, 1.807) is 10.9 Å². The number of carbonyl (C=O) groups is 2. The third kappa shape index (κ3) is 4.75. The number of rotatable bonds is 7. The second kappa shape index (κ2) is 9.36. The molecule has 0 radical (unpaired) electrons. The molecule has 1 saturated heterocycles. The minimum Gasteiger partial charge on any atom is -0.355 e. The van der Waals surface area contributed by atoms with Crippen molar-refractivity contribution in [2.45, 2.75) is 37.6 Å². The molecule has 0 spiro atoms. The zero-order valence-electron chi connectivity index (χ0n) is 17.9. The van der Waals surface area contributed by atoms with E-state index in [1.807, 2.05) is 29.2 Å². The number of nitrogens with zero attached hydrogens (tertiary/aromatic N) is 5. The summed E-state index contributed by atoms with van der Waals surface area (Å²) < 4.78 is 1.67. The lowest BCUT2D eigenvalue weighted by atomic mass is 9.64. The van der Waals surface area contributed by atoms with Gasteiger partial charge in [-0.15, -0.1) is 5.10 Å². The molecule has 2 aromatic rings. The monoisotopic (exact) mass is 444 g/mol. The highest BCUT2D eigenvalue weighted by Crippen LogP contribution is 2.44. The first-order valence-electron chi connectivity index (χ1n) is 10.9. The van der Waals surface area contributed by atoms with E-state index in [4.69, 9.17) is 11.6 Å². The van der Waals surface area contributed by atoms with Crippen LogP contribution in [-0.4, -0.2) is 76.4 Å². The number of nitrogens with one attached hydrogen (secondary N) is 1. The van der Waals surface area contributed by atoms with Gasteiger partial charge in [0, 0.05) is 44.3 Å².